The van der Waals surface area contributed by atoms with Crippen LogP contribution in [0, 0.1) is 18.8 Å². The zero-order valence-electron chi connectivity index (χ0n) is 11.8. The first-order valence-corrected chi connectivity index (χ1v) is 8.82. The summed E-state index contributed by atoms with van der Waals surface area (Å²) < 4.78 is 22.9. The van der Waals surface area contributed by atoms with Gasteiger partial charge in [0, 0.05) is 29.8 Å². The predicted molar refractivity (Wildman–Crippen MR) is 78.4 cm³/mol. The number of hydrogen-bond acceptors (Lipinski definition) is 3. The Morgan fingerprint density at radius 1 is 1.45 bits per heavy atom. The maximum Gasteiger partial charge on any atom is 0.261 e. The van der Waals surface area contributed by atoms with E-state index < -0.39 is 9.05 Å². The van der Waals surface area contributed by atoms with Crippen LogP contribution in [0.4, 0.5) is 0 Å². The molecule has 0 aromatic heterocycles. The summed E-state index contributed by atoms with van der Waals surface area (Å²) >= 11 is 0. The first-order chi connectivity index (χ1) is 9.20. The molecule has 6 heteroatoms. The van der Waals surface area contributed by atoms with E-state index in [-0.39, 0.29) is 10.8 Å². The molecule has 1 aliphatic rings. The third kappa shape index (κ3) is 3.33. The van der Waals surface area contributed by atoms with Crippen molar-refractivity contribution < 1.29 is 13.2 Å². The largest absolute Gasteiger partial charge is 0.341 e. The van der Waals surface area contributed by atoms with E-state index in [0.29, 0.717) is 29.5 Å². The number of benzene rings is 1. The van der Waals surface area contributed by atoms with Gasteiger partial charge < -0.3 is 4.90 Å². The van der Waals surface area contributed by atoms with Gasteiger partial charge in [-0.05, 0) is 42.9 Å². The molecule has 1 fully saturated rings. The van der Waals surface area contributed by atoms with Crippen LogP contribution < -0.4 is 0 Å². The summed E-state index contributed by atoms with van der Waals surface area (Å²) in [6, 6.07) is 4.60. The Kier molecular flexibility index (Phi) is 4.12. The summed E-state index contributed by atoms with van der Waals surface area (Å²) in [5.41, 5.74) is 0.889. The summed E-state index contributed by atoms with van der Waals surface area (Å²) in [7, 11) is 3.29. The van der Waals surface area contributed by atoms with Gasteiger partial charge in [0.1, 0.15) is 0 Å². The minimum atomic E-state index is -3.83. The maximum atomic E-state index is 12.3. The van der Waals surface area contributed by atoms with Crippen LogP contribution in [-0.2, 0) is 9.05 Å². The van der Waals surface area contributed by atoms with Crippen molar-refractivity contribution in [3.05, 3.63) is 29.3 Å². The Bertz CT molecular complexity index is 642. The van der Waals surface area contributed by atoms with Crippen molar-refractivity contribution in [3.8, 4) is 0 Å². The van der Waals surface area contributed by atoms with Crippen molar-refractivity contribution in [2.75, 3.05) is 13.6 Å². The van der Waals surface area contributed by atoms with E-state index in [2.05, 4.69) is 6.92 Å². The number of aryl methyl sites for hydroxylation is 1. The second kappa shape index (κ2) is 5.37. The summed E-state index contributed by atoms with van der Waals surface area (Å²) in [5, 5.41) is 0. The molecule has 0 bridgehead atoms. The maximum absolute atomic E-state index is 12.3. The van der Waals surface area contributed by atoms with E-state index in [0.717, 1.165) is 6.42 Å². The fourth-order valence-electron chi connectivity index (χ4n) is 2.30. The second-order valence-electron chi connectivity index (χ2n) is 5.58. The van der Waals surface area contributed by atoms with Crippen LogP contribution in [0.15, 0.2) is 23.1 Å². The van der Waals surface area contributed by atoms with Gasteiger partial charge in [-0.1, -0.05) is 13.0 Å². The molecule has 0 saturated heterocycles. The van der Waals surface area contributed by atoms with Crippen molar-refractivity contribution in [1.82, 2.24) is 4.90 Å². The summed E-state index contributed by atoms with van der Waals surface area (Å²) in [6.45, 7) is 4.52. The van der Waals surface area contributed by atoms with Gasteiger partial charge in [-0.25, -0.2) is 8.42 Å². The Morgan fingerprint density at radius 3 is 2.55 bits per heavy atom. The van der Waals surface area contributed by atoms with Gasteiger partial charge in [-0.2, -0.15) is 0 Å². The SMILES string of the molecule is Cc1ccc(C(=O)N(C)CC2CC2C)cc1S(=O)(=O)Cl. The Labute approximate surface area is 124 Å². The average Bonchev–Trinajstić information content (AvgIpc) is 3.03. The first kappa shape index (κ1) is 15.3. The Hall–Kier alpha value is -1.07. The second-order valence-corrected chi connectivity index (χ2v) is 8.11. The highest BCUT2D eigenvalue weighted by Crippen LogP contribution is 2.38. The topological polar surface area (TPSA) is 54.5 Å². The molecule has 1 amide bonds. The minimum Gasteiger partial charge on any atom is -0.341 e. The van der Waals surface area contributed by atoms with Gasteiger partial charge in [0.25, 0.3) is 15.0 Å². The number of nitrogens with zero attached hydrogens (tertiary/aromatic N) is 1. The third-order valence-electron chi connectivity index (χ3n) is 3.83. The molecule has 0 aliphatic heterocycles. The molecule has 0 heterocycles. The Balaban J connectivity index is 2.22. The molecule has 2 atom stereocenters. The van der Waals surface area contributed by atoms with Gasteiger partial charge in [0.15, 0.2) is 0 Å². The third-order valence-corrected chi connectivity index (χ3v) is 5.29. The summed E-state index contributed by atoms with van der Waals surface area (Å²) in [6.07, 6.45) is 1.15. The van der Waals surface area contributed by atoms with E-state index in [9.17, 15) is 13.2 Å². The normalized spacial score (nSPS) is 21.6. The molecular formula is C14H18ClNO3S. The van der Waals surface area contributed by atoms with E-state index in [1.165, 1.54) is 6.07 Å². The number of carbonyl (C=O) groups is 1. The molecule has 110 valence electrons. The standard InChI is InChI=1S/C14H18ClNO3S/c1-9-4-5-11(7-13(9)20(15,18)19)14(17)16(3)8-12-6-10(12)2/h4-5,7,10,12H,6,8H2,1-3H3. The number of halogens is 1. The van der Waals surface area contributed by atoms with Crippen LogP contribution in [0.5, 0.6) is 0 Å². The molecule has 0 N–H and O–H groups in total. The molecule has 2 rings (SSSR count). The number of hydrogen-bond donors (Lipinski definition) is 0. The van der Waals surface area contributed by atoms with Gasteiger partial charge in [-0.15, -0.1) is 0 Å². The van der Waals surface area contributed by atoms with Crippen LogP contribution in [0.25, 0.3) is 0 Å². The lowest BCUT2D eigenvalue weighted by atomic mass is 10.1. The van der Waals surface area contributed by atoms with Crippen LogP contribution in [0.3, 0.4) is 0 Å². The highest BCUT2D eigenvalue weighted by Gasteiger charge is 2.34. The van der Waals surface area contributed by atoms with Crippen LogP contribution in [0.1, 0.15) is 29.3 Å². The number of amides is 1. The molecular weight excluding hydrogens is 298 g/mol. The van der Waals surface area contributed by atoms with Crippen molar-refractivity contribution in [2.24, 2.45) is 11.8 Å². The van der Waals surface area contributed by atoms with E-state index >= 15 is 0 Å². The zero-order valence-corrected chi connectivity index (χ0v) is 13.3. The van der Waals surface area contributed by atoms with Gasteiger partial charge in [0.2, 0.25) is 0 Å². The van der Waals surface area contributed by atoms with Crippen LogP contribution >= 0.6 is 10.7 Å². The summed E-state index contributed by atoms with van der Waals surface area (Å²) in [5.74, 6) is 1.05. The Morgan fingerprint density at radius 2 is 2.05 bits per heavy atom. The molecule has 0 spiro atoms. The monoisotopic (exact) mass is 315 g/mol. The molecule has 1 aromatic carbocycles. The zero-order chi connectivity index (χ0) is 15.1. The van der Waals surface area contributed by atoms with E-state index in [1.807, 2.05) is 0 Å². The van der Waals surface area contributed by atoms with E-state index in [4.69, 9.17) is 10.7 Å². The molecule has 20 heavy (non-hydrogen) atoms. The van der Waals surface area contributed by atoms with Gasteiger partial charge >= 0.3 is 0 Å². The average molecular weight is 316 g/mol. The van der Waals surface area contributed by atoms with Gasteiger partial charge in [0.05, 0.1) is 4.90 Å². The lowest BCUT2D eigenvalue weighted by Crippen LogP contribution is -2.29. The smallest absolute Gasteiger partial charge is 0.261 e. The van der Waals surface area contributed by atoms with E-state index in [1.54, 1.807) is 31.0 Å². The fraction of sp³-hybridized carbons (Fsp3) is 0.500. The molecule has 1 aliphatic carbocycles. The lowest BCUT2D eigenvalue weighted by Gasteiger charge is -2.17. The molecule has 2 unspecified atom stereocenters. The predicted octanol–water partition coefficient (Wildman–Crippen LogP) is 2.65. The first-order valence-electron chi connectivity index (χ1n) is 6.51. The highest BCUT2D eigenvalue weighted by molar-refractivity contribution is 8.13. The van der Waals surface area contributed by atoms with Gasteiger partial charge in [-0.3, -0.25) is 4.79 Å². The number of rotatable bonds is 4. The summed E-state index contributed by atoms with van der Waals surface area (Å²) in [4.78, 5) is 13.9. The van der Waals surface area contributed by atoms with Crippen LogP contribution in [-0.4, -0.2) is 32.8 Å². The highest BCUT2D eigenvalue weighted by atomic mass is 35.7. The van der Waals surface area contributed by atoms with Crippen molar-refractivity contribution in [1.29, 1.82) is 0 Å². The van der Waals surface area contributed by atoms with Crippen molar-refractivity contribution in [2.45, 2.75) is 25.2 Å². The lowest BCUT2D eigenvalue weighted by molar-refractivity contribution is 0.0787. The molecule has 1 aromatic rings. The van der Waals surface area contributed by atoms with Crippen LogP contribution in [0.2, 0.25) is 0 Å². The minimum absolute atomic E-state index is 0.00166. The number of carbonyl (C=O) groups excluding carboxylic acids is 1. The quantitative estimate of drug-likeness (QED) is 0.803. The molecule has 4 nitrogen and oxygen atoms in total. The fourth-order valence-corrected chi connectivity index (χ4v) is 3.52. The van der Waals surface area contributed by atoms with Crippen molar-refractivity contribution in [3.63, 3.8) is 0 Å². The van der Waals surface area contributed by atoms with Crippen molar-refractivity contribution >= 4 is 25.6 Å². The molecule has 1 saturated carbocycles. The molecule has 0 radical (unpaired) electrons.